The molecule has 1 aliphatic heterocycles. The van der Waals surface area contributed by atoms with E-state index in [1.807, 2.05) is 0 Å². The fourth-order valence-electron chi connectivity index (χ4n) is 3.52. The Balaban J connectivity index is 1.95. The van der Waals surface area contributed by atoms with Crippen molar-refractivity contribution in [2.75, 3.05) is 13.1 Å². The maximum Gasteiger partial charge on any atom is 0.0583 e. The molecular weight excluding hydrogens is 210 g/mol. The van der Waals surface area contributed by atoms with E-state index < -0.39 is 0 Å². The molecule has 0 radical (unpaired) electrons. The van der Waals surface area contributed by atoms with Gasteiger partial charge in [-0.25, -0.2) is 0 Å². The molecule has 3 unspecified atom stereocenters. The lowest BCUT2D eigenvalue weighted by atomic mass is 9.80. The van der Waals surface area contributed by atoms with Crippen LogP contribution in [0.4, 0.5) is 0 Å². The van der Waals surface area contributed by atoms with Crippen LogP contribution in [0.3, 0.4) is 0 Å². The Morgan fingerprint density at radius 2 is 2.00 bits per heavy atom. The predicted octanol–water partition coefficient (Wildman–Crippen LogP) is 2.97. The van der Waals surface area contributed by atoms with Crippen LogP contribution in [0.25, 0.3) is 0 Å². The molecule has 1 saturated heterocycles. The molecule has 0 aromatic carbocycles. The van der Waals surface area contributed by atoms with Gasteiger partial charge in [0, 0.05) is 18.5 Å². The van der Waals surface area contributed by atoms with Gasteiger partial charge in [0.2, 0.25) is 0 Å². The summed E-state index contributed by atoms with van der Waals surface area (Å²) in [5.74, 6) is 0.524. The van der Waals surface area contributed by atoms with Crippen LogP contribution in [0.5, 0.6) is 0 Å². The zero-order valence-electron chi connectivity index (χ0n) is 11.2. The molecule has 2 heteroatoms. The minimum atomic E-state index is -0.0516. The number of nitrogens with zero attached hydrogens (tertiary/aromatic N) is 1. The highest BCUT2D eigenvalue weighted by Gasteiger charge is 2.36. The summed E-state index contributed by atoms with van der Waals surface area (Å²) in [6, 6.07) is 0.619. The molecule has 0 aromatic heterocycles. The molecule has 0 amide bonds. The molecule has 1 aliphatic carbocycles. The Bertz CT molecular complexity index is 264. The zero-order chi connectivity index (χ0) is 12.3. The van der Waals surface area contributed by atoms with Crippen molar-refractivity contribution in [2.45, 2.75) is 64.0 Å². The maximum atomic E-state index is 10.2. The van der Waals surface area contributed by atoms with Crippen molar-refractivity contribution in [1.82, 2.24) is 4.90 Å². The lowest BCUT2D eigenvalue weighted by molar-refractivity contribution is 0.0243. The third kappa shape index (κ3) is 3.11. The van der Waals surface area contributed by atoms with Gasteiger partial charge in [0.05, 0.1) is 6.10 Å². The summed E-state index contributed by atoms with van der Waals surface area (Å²) >= 11 is 0. The van der Waals surface area contributed by atoms with Crippen LogP contribution in [-0.2, 0) is 0 Å². The quantitative estimate of drug-likeness (QED) is 0.760. The van der Waals surface area contributed by atoms with Gasteiger partial charge in [-0.2, -0.15) is 0 Å². The molecule has 1 N–H and O–H groups in total. The number of hydrogen-bond donors (Lipinski definition) is 1. The van der Waals surface area contributed by atoms with Crippen molar-refractivity contribution in [3.05, 3.63) is 12.2 Å². The molecule has 2 nitrogen and oxygen atoms in total. The first-order valence-corrected chi connectivity index (χ1v) is 7.31. The molecule has 2 rings (SSSR count). The molecule has 0 bridgehead atoms. The van der Waals surface area contributed by atoms with Crippen molar-refractivity contribution in [3.8, 4) is 0 Å². The monoisotopic (exact) mass is 237 g/mol. The first-order valence-electron chi connectivity index (χ1n) is 7.31. The molecule has 1 heterocycles. The molecule has 0 spiro atoms. The largest absolute Gasteiger partial charge is 0.393 e. The van der Waals surface area contributed by atoms with Crippen LogP contribution >= 0.6 is 0 Å². The highest BCUT2D eigenvalue weighted by molar-refractivity contribution is 5.00. The van der Waals surface area contributed by atoms with E-state index in [9.17, 15) is 5.11 Å². The Labute approximate surface area is 106 Å². The SMILES string of the molecule is C=C(CC)CN1CCCC1C1CCCCC1O. The van der Waals surface area contributed by atoms with E-state index in [1.165, 1.54) is 44.2 Å². The molecule has 2 aliphatic rings. The molecule has 98 valence electrons. The van der Waals surface area contributed by atoms with Crippen LogP contribution < -0.4 is 0 Å². The van der Waals surface area contributed by atoms with Crippen LogP contribution in [0.2, 0.25) is 0 Å². The first-order chi connectivity index (χ1) is 8.22. The van der Waals surface area contributed by atoms with Crippen molar-refractivity contribution >= 4 is 0 Å². The van der Waals surface area contributed by atoms with Crippen LogP contribution in [0.1, 0.15) is 51.9 Å². The fraction of sp³-hybridized carbons (Fsp3) is 0.867. The maximum absolute atomic E-state index is 10.2. The van der Waals surface area contributed by atoms with E-state index >= 15 is 0 Å². The first kappa shape index (κ1) is 13.1. The van der Waals surface area contributed by atoms with Crippen LogP contribution in [-0.4, -0.2) is 35.2 Å². The van der Waals surface area contributed by atoms with Crippen molar-refractivity contribution in [2.24, 2.45) is 5.92 Å². The number of likely N-dealkylation sites (tertiary alicyclic amines) is 1. The lowest BCUT2D eigenvalue weighted by Crippen LogP contribution is -2.43. The van der Waals surface area contributed by atoms with Gasteiger partial charge in [0.15, 0.2) is 0 Å². The Morgan fingerprint density at radius 1 is 1.24 bits per heavy atom. The highest BCUT2D eigenvalue weighted by atomic mass is 16.3. The molecule has 0 aromatic rings. The normalized spacial score (nSPS) is 35.1. The third-order valence-corrected chi connectivity index (χ3v) is 4.62. The Morgan fingerprint density at radius 3 is 2.71 bits per heavy atom. The highest BCUT2D eigenvalue weighted by Crippen LogP contribution is 2.34. The van der Waals surface area contributed by atoms with Gasteiger partial charge in [-0.1, -0.05) is 31.9 Å². The smallest absolute Gasteiger partial charge is 0.0583 e. The summed E-state index contributed by atoms with van der Waals surface area (Å²) in [5.41, 5.74) is 1.34. The number of aliphatic hydroxyl groups is 1. The van der Waals surface area contributed by atoms with Gasteiger partial charge in [-0.05, 0) is 38.6 Å². The second-order valence-corrected chi connectivity index (χ2v) is 5.80. The van der Waals surface area contributed by atoms with Crippen LogP contribution in [0, 0.1) is 5.92 Å². The fourth-order valence-corrected chi connectivity index (χ4v) is 3.52. The van der Waals surface area contributed by atoms with E-state index in [1.54, 1.807) is 0 Å². The van der Waals surface area contributed by atoms with Crippen molar-refractivity contribution in [1.29, 1.82) is 0 Å². The summed E-state index contributed by atoms with van der Waals surface area (Å²) in [7, 11) is 0. The number of aliphatic hydroxyl groups excluding tert-OH is 1. The zero-order valence-corrected chi connectivity index (χ0v) is 11.2. The van der Waals surface area contributed by atoms with Gasteiger partial charge in [0.25, 0.3) is 0 Å². The predicted molar refractivity (Wildman–Crippen MR) is 72.0 cm³/mol. The lowest BCUT2D eigenvalue weighted by Gasteiger charge is -2.37. The molecular formula is C15H27NO. The van der Waals surface area contributed by atoms with Crippen LogP contribution in [0.15, 0.2) is 12.2 Å². The van der Waals surface area contributed by atoms with Gasteiger partial charge < -0.3 is 5.11 Å². The third-order valence-electron chi connectivity index (χ3n) is 4.62. The van der Waals surface area contributed by atoms with E-state index in [2.05, 4.69) is 18.4 Å². The molecule has 1 saturated carbocycles. The molecule has 3 atom stereocenters. The number of hydrogen-bond acceptors (Lipinski definition) is 2. The molecule has 2 fully saturated rings. The second-order valence-electron chi connectivity index (χ2n) is 5.80. The minimum Gasteiger partial charge on any atom is -0.393 e. The summed E-state index contributed by atoms with van der Waals surface area (Å²) in [6.07, 6.45) is 8.36. The Hall–Kier alpha value is -0.340. The van der Waals surface area contributed by atoms with E-state index in [-0.39, 0.29) is 6.10 Å². The van der Waals surface area contributed by atoms with Gasteiger partial charge in [-0.15, -0.1) is 0 Å². The minimum absolute atomic E-state index is 0.0516. The summed E-state index contributed by atoms with van der Waals surface area (Å²) in [5, 5.41) is 10.2. The Kier molecular flexibility index (Phi) is 4.63. The topological polar surface area (TPSA) is 23.5 Å². The number of rotatable bonds is 4. The van der Waals surface area contributed by atoms with Crippen molar-refractivity contribution in [3.63, 3.8) is 0 Å². The van der Waals surface area contributed by atoms with E-state index in [0.29, 0.717) is 12.0 Å². The van der Waals surface area contributed by atoms with Gasteiger partial charge >= 0.3 is 0 Å². The average Bonchev–Trinajstić information content (AvgIpc) is 2.77. The van der Waals surface area contributed by atoms with Gasteiger partial charge in [0.1, 0.15) is 0 Å². The standard InChI is InChI=1S/C15H27NO/c1-3-12(2)11-16-10-6-8-14(16)13-7-4-5-9-15(13)17/h13-15,17H,2-11H2,1H3. The summed E-state index contributed by atoms with van der Waals surface area (Å²) in [6.45, 7) is 8.56. The summed E-state index contributed by atoms with van der Waals surface area (Å²) in [4.78, 5) is 2.57. The second kappa shape index (κ2) is 6.01. The van der Waals surface area contributed by atoms with Crippen molar-refractivity contribution < 1.29 is 5.11 Å². The molecule has 17 heavy (non-hydrogen) atoms. The van der Waals surface area contributed by atoms with E-state index in [0.717, 1.165) is 19.4 Å². The van der Waals surface area contributed by atoms with Gasteiger partial charge in [-0.3, -0.25) is 4.90 Å². The summed E-state index contributed by atoms with van der Waals surface area (Å²) < 4.78 is 0. The average molecular weight is 237 g/mol. The van der Waals surface area contributed by atoms with E-state index in [4.69, 9.17) is 0 Å².